The molecule has 144 valence electrons. The van der Waals surface area contributed by atoms with Gasteiger partial charge in [-0.25, -0.2) is 4.98 Å². The highest BCUT2D eigenvalue weighted by atomic mass is 79.9. The molecule has 0 saturated carbocycles. The number of rotatable bonds is 12. The molecule has 2 aromatic rings. The number of para-hydroxylation sites is 1. The lowest BCUT2D eigenvalue weighted by atomic mass is 10.1. The van der Waals surface area contributed by atoms with Gasteiger partial charge in [0.15, 0.2) is 4.34 Å². The maximum absolute atomic E-state index is 12.5. The van der Waals surface area contributed by atoms with E-state index < -0.39 is 0 Å². The molecule has 0 radical (unpaired) electrons. The number of alkyl halides is 1. The number of ether oxygens (including phenoxy) is 1. The number of aromatic nitrogens is 1. The third-order valence-electron chi connectivity index (χ3n) is 4.18. The molecule has 1 heterocycles. The fourth-order valence-corrected chi connectivity index (χ4v) is 5.92. The molecule has 0 aliphatic rings. The Morgan fingerprint density at radius 2 is 1.92 bits per heavy atom. The Morgan fingerprint density at radius 3 is 2.65 bits per heavy atom. The van der Waals surface area contributed by atoms with Crippen LogP contribution >= 0.6 is 39.0 Å². The van der Waals surface area contributed by atoms with Crippen LogP contribution < -0.4 is 0 Å². The standard InChI is InChI=1S/C20H28BrNO2S2/c1-3-5-6-7-8-9-12-15(21)18(19(23)24-4-2)26-20-22-16-13-10-11-14-17(16)25-20/h10-11,13-15,18H,3-9,12H2,1-2H3. The van der Waals surface area contributed by atoms with Gasteiger partial charge in [0.1, 0.15) is 5.25 Å². The first-order valence-corrected chi connectivity index (χ1v) is 12.1. The average Bonchev–Trinajstić information content (AvgIpc) is 3.05. The maximum atomic E-state index is 12.5. The number of thiazole rings is 1. The molecule has 2 unspecified atom stereocenters. The van der Waals surface area contributed by atoms with Gasteiger partial charge in [-0.15, -0.1) is 11.3 Å². The van der Waals surface area contributed by atoms with E-state index in [1.165, 1.54) is 43.9 Å². The van der Waals surface area contributed by atoms with E-state index in [1.54, 1.807) is 11.3 Å². The first-order valence-electron chi connectivity index (χ1n) is 9.48. The first-order chi connectivity index (χ1) is 12.7. The summed E-state index contributed by atoms with van der Waals surface area (Å²) in [7, 11) is 0. The Bertz CT molecular complexity index is 644. The molecular weight excluding hydrogens is 430 g/mol. The number of unbranched alkanes of at least 4 members (excludes halogenated alkanes) is 5. The Morgan fingerprint density at radius 1 is 1.19 bits per heavy atom. The van der Waals surface area contributed by atoms with Gasteiger partial charge in [-0.3, -0.25) is 4.79 Å². The van der Waals surface area contributed by atoms with E-state index in [9.17, 15) is 4.79 Å². The molecule has 2 atom stereocenters. The van der Waals surface area contributed by atoms with E-state index in [1.807, 2.05) is 25.1 Å². The second-order valence-corrected chi connectivity index (χ2v) is 9.91. The van der Waals surface area contributed by atoms with Crippen LogP contribution in [0.2, 0.25) is 0 Å². The van der Waals surface area contributed by atoms with Crippen LogP contribution in [0.3, 0.4) is 0 Å². The molecule has 0 amide bonds. The van der Waals surface area contributed by atoms with Crippen LogP contribution in [0.15, 0.2) is 28.6 Å². The molecule has 0 aliphatic heterocycles. The molecule has 1 aromatic heterocycles. The molecule has 0 bridgehead atoms. The topological polar surface area (TPSA) is 39.2 Å². The van der Waals surface area contributed by atoms with Gasteiger partial charge >= 0.3 is 5.97 Å². The van der Waals surface area contributed by atoms with Crippen molar-refractivity contribution >= 4 is 55.2 Å². The molecule has 0 spiro atoms. The smallest absolute Gasteiger partial charge is 0.320 e. The summed E-state index contributed by atoms with van der Waals surface area (Å²) in [5.41, 5.74) is 0.990. The molecule has 0 N–H and O–H groups in total. The number of esters is 1. The van der Waals surface area contributed by atoms with Crippen molar-refractivity contribution in [3.05, 3.63) is 24.3 Å². The van der Waals surface area contributed by atoms with Crippen LogP contribution in [0, 0.1) is 0 Å². The second-order valence-electron chi connectivity index (χ2n) is 6.31. The third-order valence-corrected chi connectivity index (χ3v) is 7.96. The van der Waals surface area contributed by atoms with Gasteiger partial charge in [0.25, 0.3) is 0 Å². The highest BCUT2D eigenvalue weighted by molar-refractivity contribution is 9.09. The van der Waals surface area contributed by atoms with Gasteiger partial charge in [-0.1, -0.05) is 85.3 Å². The molecule has 0 saturated heterocycles. The summed E-state index contributed by atoms with van der Waals surface area (Å²) in [5.74, 6) is -0.149. The highest BCUT2D eigenvalue weighted by Gasteiger charge is 2.30. The zero-order valence-corrected chi connectivity index (χ0v) is 18.8. The summed E-state index contributed by atoms with van der Waals surface area (Å²) in [6.45, 7) is 4.50. The average molecular weight is 458 g/mol. The van der Waals surface area contributed by atoms with Crippen LogP contribution in [0.1, 0.15) is 58.8 Å². The van der Waals surface area contributed by atoms with Crippen molar-refractivity contribution in [3.63, 3.8) is 0 Å². The van der Waals surface area contributed by atoms with E-state index >= 15 is 0 Å². The zero-order valence-electron chi connectivity index (χ0n) is 15.6. The number of fused-ring (bicyclic) bond motifs is 1. The van der Waals surface area contributed by atoms with Gasteiger partial charge in [0, 0.05) is 4.83 Å². The normalized spacial score (nSPS) is 13.7. The van der Waals surface area contributed by atoms with Gasteiger partial charge in [-0.05, 0) is 25.5 Å². The lowest BCUT2D eigenvalue weighted by molar-refractivity contribution is -0.142. The number of hydrogen-bond donors (Lipinski definition) is 0. The largest absolute Gasteiger partial charge is 0.465 e. The fourth-order valence-electron chi connectivity index (χ4n) is 2.78. The van der Waals surface area contributed by atoms with Crippen molar-refractivity contribution in [2.45, 2.75) is 73.2 Å². The van der Waals surface area contributed by atoms with E-state index in [4.69, 9.17) is 4.74 Å². The van der Waals surface area contributed by atoms with Crippen molar-refractivity contribution in [2.75, 3.05) is 6.61 Å². The van der Waals surface area contributed by atoms with Crippen molar-refractivity contribution in [3.8, 4) is 0 Å². The minimum atomic E-state index is -0.258. The summed E-state index contributed by atoms with van der Waals surface area (Å²) in [4.78, 5) is 17.2. The first kappa shape index (κ1) is 21.7. The predicted molar refractivity (Wildman–Crippen MR) is 117 cm³/mol. The lowest BCUT2D eigenvalue weighted by Gasteiger charge is -2.19. The number of nitrogens with zero attached hydrogens (tertiary/aromatic N) is 1. The Kier molecular flexibility index (Phi) is 10.0. The zero-order chi connectivity index (χ0) is 18.8. The van der Waals surface area contributed by atoms with Gasteiger partial charge in [-0.2, -0.15) is 0 Å². The van der Waals surface area contributed by atoms with Crippen molar-refractivity contribution in [1.29, 1.82) is 0 Å². The molecule has 3 nitrogen and oxygen atoms in total. The van der Waals surface area contributed by atoms with Gasteiger partial charge in [0.05, 0.1) is 16.8 Å². The number of benzene rings is 1. The molecule has 1 aromatic carbocycles. The van der Waals surface area contributed by atoms with E-state index in [2.05, 4.69) is 33.9 Å². The number of carbonyl (C=O) groups excluding carboxylic acids is 1. The van der Waals surface area contributed by atoms with Crippen LogP contribution in [0.4, 0.5) is 0 Å². The van der Waals surface area contributed by atoms with E-state index in [0.717, 1.165) is 27.4 Å². The number of hydrogen-bond acceptors (Lipinski definition) is 5. The quantitative estimate of drug-likeness (QED) is 0.151. The number of thioether (sulfide) groups is 1. The Balaban J connectivity index is 1.95. The van der Waals surface area contributed by atoms with Gasteiger partial charge in [0.2, 0.25) is 0 Å². The Labute approximate surface area is 173 Å². The van der Waals surface area contributed by atoms with Crippen molar-refractivity contribution < 1.29 is 9.53 Å². The molecular formula is C20H28BrNO2S2. The minimum absolute atomic E-state index is 0.102. The van der Waals surface area contributed by atoms with Crippen LogP contribution in [-0.4, -0.2) is 27.6 Å². The van der Waals surface area contributed by atoms with Crippen LogP contribution in [-0.2, 0) is 9.53 Å². The van der Waals surface area contributed by atoms with Crippen LogP contribution in [0.5, 0.6) is 0 Å². The molecule has 26 heavy (non-hydrogen) atoms. The molecule has 0 aliphatic carbocycles. The summed E-state index contributed by atoms with van der Waals surface area (Å²) in [5, 5.41) is -0.258. The maximum Gasteiger partial charge on any atom is 0.320 e. The highest BCUT2D eigenvalue weighted by Crippen LogP contribution is 2.36. The van der Waals surface area contributed by atoms with Crippen molar-refractivity contribution in [2.24, 2.45) is 0 Å². The second kappa shape index (κ2) is 12.0. The van der Waals surface area contributed by atoms with E-state index in [0.29, 0.717) is 6.61 Å². The molecule has 6 heteroatoms. The summed E-state index contributed by atoms with van der Waals surface area (Å²) in [6.07, 6.45) is 8.52. The lowest BCUT2D eigenvalue weighted by Crippen LogP contribution is -2.29. The summed E-state index contributed by atoms with van der Waals surface area (Å²) >= 11 is 6.92. The monoisotopic (exact) mass is 457 g/mol. The summed E-state index contributed by atoms with van der Waals surface area (Å²) in [6, 6.07) is 8.09. The fraction of sp³-hybridized carbons (Fsp3) is 0.600. The Hall–Kier alpha value is -0.590. The predicted octanol–water partition coefficient (Wildman–Crippen LogP) is 6.83. The van der Waals surface area contributed by atoms with E-state index in [-0.39, 0.29) is 16.0 Å². The minimum Gasteiger partial charge on any atom is -0.465 e. The number of halogens is 1. The van der Waals surface area contributed by atoms with Crippen molar-refractivity contribution in [1.82, 2.24) is 4.98 Å². The van der Waals surface area contributed by atoms with Gasteiger partial charge < -0.3 is 4.74 Å². The molecule has 2 rings (SSSR count). The SMILES string of the molecule is CCCCCCCCC(Br)C(Sc1nc2ccccc2s1)C(=O)OCC. The summed E-state index contributed by atoms with van der Waals surface area (Å²) < 4.78 is 7.40. The number of carbonyl (C=O) groups is 1. The third kappa shape index (κ3) is 6.86. The molecule has 0 fully saturated rings. The van der Waals surface area contributed by atoms with Crippen LogP contribution in [0.25, 0.3) is 10.2 Å².